The molecule has 72 valence electrons. The van der Waals surface area contributed by atoms with Crippen LogP contribution in [-0.2, 0) is 5.75 Å². The van der Waals surface area contributed by atoms with Crippen LogP contribution < -0.4 is 5.73 Å². The normalized spacial score (nSPS) is 10.3. The number of nitrogen functional groups attached to an aromatic ring is 1. The minimum Gasteiger partial charge on any atom is -0.384 e. The standard InChI is InChI=1S/C9H10N4S/c10-8-2-1-7(5-13-8)6-14-9-11-3-4-12-9/h1-5H,6H2,(H2,10,13)(H,11,12). The summed E-state index contributed by atoms with van der Waals surface area (Å²) in [5, 5.41) is 0.918. The summed E-state index contributed by atoms with van der Waals surface area (Å²) in [7, 11) is 0. The van der Waals surface area contributed by atoms with E-state index < -0.39 is 0 Å². The van der Waals surface area contributed by atoms with Crippen molar-refractivity contribution in [3.8, 4) is 0 Å². The van der Waals surface area contributed by atoms with Crippen LogP contribution in [0, 0.1) is 0 Å². The highest BCUT2D eigenvalue weighted by Crippen LogP contribution is 2.18. The van der Waals surface area contributed by atoms with Gasteiger partial charge in [-0.05, 0) is 11.6 Å². The van der Waals surface area contributed by atoms with Gasteiger partial charge in [0.15, 0.2) is 5.16 Å². The maximum Gasteiger partial charge on any atom is 0.165 e. The van der Waals surface area contributed by atoms with Crippen LogP contribution in [0.15, 0.2) is 35.9 Å². The first kappa shape index (κ1) is 9.08. The summed E-state index contributed by atoms with van der Waals surface area (Å²) in [6, 6.07) is 3.77. The molecule has 2 aromatic rings. The first-order chi connectivity index (χ1) is 6.84. The van der Waals surface area contributed by atoms with E-state index in [1.54, 1.807) is 30.2 Å². The predicted octanol–water partition coefficient (Wildman–Crippen LogP) is 1.68. The Bertz CT molecular complexity index is 382. The molecule has 0 aliphatic carbocycles. The quantitative estimate of drug-likeness (QED) is 0.750. The van der Waals surface area contributed by atoms with Gasteiger partial charge in [-0.2, -0.15) is 0 Å². The molecule has 0 radical (unpaired) electrons. The molecule has 0 saturated carbocycles. The lowest BCUT2D eigenvalue weighted by Crippen LogP contribution is -1.90. The van der Waals surface area contributed by atoms with Gasteiger partial charge in [0.05, 0.1) is 0 Å². The van der Waals surface area contributed by atoms with Crippen molar-refractivity contribution in [3.63, 3.8) is 0 Å². The minimum absolute atomic E-state index is 0.553. The number of nitrogens with two attached hydrogens (primary N) is 1. The van der Waals surface area contributed by atoms with Crippen LogP contribution in [0.2, 0.25) is 0 Å². The number of H-pyrrole nitrogens is 1. The molecule has 0 aliphatic rings. The molecule has 4 nitrogen and oxygen atoms in total. The zero-order chi connectivity index (χ0) is 9.80. The van der Waals surface area contributed by atoms with Gasteiger partial charge < -0.3 is 10.7 Å². The van der Waals surface area contributed by atoms with Crippen molar-refractivity contribution in [1.29, 1.82) is 0 Å². The number of aromatic nitrogens is 3. The summed E-state index contributed by atoms with van der Waals surface area (Å²) in [5.41, 5.74) is 6.62. The van der Waals surface area contributed by atoms with E-state index in [9.17, 15) is 0 Å². The van der Waals surface area contributed by atoms with Crippen molar-refractivity contribution in [2.45, 2.75) is 10.9 Å². The molecule has 0 aromatic carbocycles. The fraction of sp³-hybridized carbons (Fsp3) is 0.111. The molecule has 2 rings (SSSR count). The van der Waals surface area contributed by atoms with Crippen molar-refractivity contribution >= 4 is 17.6 Å². The highest BCUT2D eigenvalue weighted by Gasteiger charge is 1.97. The van der Waals surface area contributed by atoms with E-state index in [-0.39, 0.29) is 0 Å². The first-order valence-corrected chi connectivity index (χ1v) is 5.16. The summed E-state index contributed by atoms with van der Waals surface area (Å²) in [5.74, 6) is 1.40. The van der Waals surface area contributed by atoms with Crippen LogP contribution in [0.5, 0.6) is 0 Å². The van der Waals surface area contributed by atoms with E-state index >= 15 is 0 Å². The Hall–Kier alpha value is -1.49. The molecule has 0 atom stereocenters. The van der Waals surface area contributed by atoms with Gasteiger partial charge in [0.1, 0.15) is 5.82 Å². The fourth-order valence-corrected chi connectivity index (χ4v) is 1.76. The van der Waals surface area contributed by atoms with E-state index in [0.29, 0.717) is 5.82 Å². The number of hydrogen-bond donors (Lipinski definition) is 2. The summed E-state index contributed by atoms with van der Waals surface area (Å²) in [4.78, 5) is 11.1. The fourth-order valence-electron chi connectivity index (χ4n) is 1.00. The van der Waals surface area contributed by atoms with Gasteiger partial charge in [0.2, 0.25) is 0 Å². The molecule has 3 N–H and O–H groups in total. The van der Waals surface area contributed by atoms with Crippen LogP contribution in [0.1, 0.15) is 5.56 Å². The summed E-state index contributed by atoms with van der Waals surface area (Å²) >= 11 is 1.64. The lowest BCUT2D eigenvalue weighted by Gasteiger charge is -1.98. The average molecular weight is 206 g/mol. The summed E-state index contributed by atoms with van der Waals surface area (Å²) in [6.07, 6.45) is 5.33. The lowest BCUT2D eigenvalue weighted by molar-refractivity contribution is 1.06. The molecular formula is C9H10N4S. The highest BCUT2D eigenvalue weighted by molar-refractivity contribution is 7.98. The number of nitrogens with zero attached hydrogens (tertiary/aromatic N) is 2. The molecule has 0 bridgehead atoms. The maximum atomic E-state index is 5.48. The van der Waals surface area contributed by atoms with E-state index in [4.69, 9.17) is 5.73 Å². The monoisotopic (exact) mass is 206 g/mol. The molecular weight excluding hydrogens is 196 g/mol. The van der Waals surface area contributed by atoms with Crippen LogP contribution in [0.3, 0.4) is 0 Å². The molecule has 2 aromatic heterocycles. The number of thioether (sulfide) groups is 1. The van der Waals surface area contributed by atoms with Gasteiger partial charge in [0, 0.05) is 24.3 Å². The third kappa shape index (κ3) is 2.26. The highest BCUT2D eigenvalue weighted by atomic mass is 32.2. The predicted molar refractivity (Wildman–Crippen MR) is 56.8 cm³/mol. The van der Waals surface area contributed by atoms with Crippen molar-refractivity contribution in [2.24, 2.45) is 0 Å². The van der Waals surface area contributed by atoms with Crippen molar-refractivity contribution in [1.82, 2.24) is 15.0 Å². The molecule has 0 saturated heterocycles. The Morgan fingerprint density at radius 2 is 2.29 bits per heavy atom. The second kappa shape index (κ2) is 4.15. The zero-order valence-corrected chi connectivity index (χ0v) is 8.29. The third-order valence-electron chi connectivity index (χ3n) is 1.70. The van der Waals surface area contributed by atoms with Crippen LogP contribution >= 0.6 is 11.8 Å². The topological polar surface area (TPSA) is 67.6 Å². The van der Waals surface area contributed by atoms with Crippen molar-refractivity contribution < 1.29 is 0 Å². The van der Waals surface area contributed by atoms with Gasteiger partial charge in [0.25, 0.3) is 0 Å². The first-order valence-electron chi connectivity index (χ1n) is 4.17. The number of pyridine rings is 1. The van der Waals surface area contributed by atoms with Crippen LogP contribution in [0.4, 0.5) is 5.82 Å². The number of hydrogen-bond acceptors (Lipinski definition) is 4. The van der Waals surface area contributed by atoms with Gasteiger partial charge in [-0.3, -0.25) is 0 Å². The minimum atomic E-state index is 0.553. The zero-order valence-electron chi connectivity index (χ0n) is 7.47. The molecule has 0 fully saturated rings. The second-order valence-electron chi connectivity index (χ2n) is 2.77. The van der Waals surface area contributed by atoms with Crippen molar-refractivity contribution in [2.75, 3.05) is 5.73 Å². The summed E-state index contributed by atoms with van der Waals surface area (Å²) < 4.78 is 0. The van der Waals surface area contributed by atoms with Gasteiger partial charge in [-0.15, -0.1) is 0 Å². The van der Waals surface area contributed by atoms with E-state index in [1.807, 2.05) is 12.3 Å². The van der Waals surface area contributed by atoms with Gasteiger partial charge in [-0.1, -0.05) is 17.8 Å². The maximum absolute atomic E-state index is 5.48. The lowest BCUT2D eigenvalue weighted by atomic mass is 10.3. The molecule has 0 aliphatic heterocycles. The largest absolute Gasteiger partial charge is 0.384 e. The van der Waals surface area contributed by atoms with Crippen LogP contribution in [0.25, 0.3) is 0 Å². The molecule has 14 heavy (non-hydrogen) atoms. The molecule has 5 heteroatoms. The molecule has 0 unspecified atom stereocenters. The Morgan fingerprint density at radius 1 is 1.36 bits per heavy atom. The van der Waals surface area contributed by atoms with Crippen molar-refractivity contribution in [3.05, 3.63) is 36.3 Å². The molecule has 0 amide bonds. The average Bonchev–Trinajstić information content (AvgIpc) is 2.70. The number of anilines is 1. The molecule has 0 spiro atoms. The number of nitrogens with one attached hydrogen (secondary N) is 1. The second-order valence-corrected chi connectivity index (χ2v) is 3.74. The van der Waals surface area contributed by atoms with E-state index in [2.05, 4.69) is 15.0 Å². The van der Waals surface area contributed by atoms with Gasteiger partial charge in [-0.25, -0.2) is 9.97 Å². The number of aromatic amines is 1. The summed E-state index contributed by atoms with van der Waals surface area (Å²) in [6.45, 7) is 0. The number of imidazole rings is 1. The SMILES string of the molecule is Nc1ccc(CSc2ncc[nH]2)cn1. The third-order valence-corrected chi connectivity index (χ3v) is 2.67. The number of rotatable bonds is 3. The Morgan fingerprint density at radius 3 is 2.93 bits per heavy atom. The van der Waals surface area contributed by atoms with E-state index in [1.165, 1.54) is 0 Å². The molecule has 2 heterocycles. The smallest absolute Gasteiger partial charge is 0.165 e. The Kier molecular flexibility index (Phi) is 2.69. The Labute approximate surface area is 86.0 Å². The van der Waals surface area contributed by atoms with Gasteiger partial charge >= 0.3 is 0 Å². The van der Waals surface area contributed by atoms with E-state index in [0.717, 1.165) is 16.5 Å². The Balaban J connectivity index is 1.95. The van der Waals surface area contributed by atoms with Crippen LogP contribution in [-0.4, -0.2) is 15.0 Å².